The number of nitrogens with zero attached hydrogens (tertiary/aromatic N) is 1. The third kappa shape index (κ3) is 6.87. The molecule has 3 heteroatoms. The number of rotatable bonds is 8. The van der Waals surface area contributed by atoms with Gasteiger partial charge in [-0.25, -0.2) is 0 Å². The van der Waals surface area contributed by atoms with E-state index in [-0.39, 0.29) is 11.3 Å². The van der Waals surface area contributed by atoms with Gasteiger partial charge in [-0.3, -0.25) is 0 Å². The van der Waals surface area contributed by atoms with Gasteiger partial charge < -0.3 is 14.1 Å². The van der Waals surface area contributed by atoms with Crippen LogP contribution in [0.2, 0.25) is 0 Å². The molecular formula is C69H49NO2. The number of hydrogen-bond donors (Lipinski definition) is 0. The van der Waals surface area contributed by atoms with E-state index in [2.05, 4.69) is 255 Å². The Morgan fingerprint density at radius 3 is 1.65 bits per heavy atom. The van der Waals surface area contributed by atoms with Crippen LogP contribution >= 0.6 is 0 Å². The molecule has 342 valence electrons. The lowest BCUT2D eigenvalue weighted by Crippen LogP contribution is -2.16. The summed E-state index contributed by atoms with van der Waals surface area (Å²) in [6.07, 6.45) is 5.47. The van der Waals surface area contributed by atoms with Crippen molar-refractivity contribution in [1.82, 2.24) is 0 Å². The predicted octanol–water partition coefficient (Wildman–Crippen LogP) is 18.9. The molecule has 3 aliphatic rings. The Bertz CT molecular complexity index is 3970. The van der Waals surface area contributed by atoms with Gasteiger partial charge in [-0.15, -0.1) is 0 Å². The van der Waals surface area contributed by atoms with Crippen LogP contribution in [0.25, 0.3) is 83.1 Å². The molecule has 1 atom stereocenters. The Labute approximate surface area is 420 Å². The van der Waals surface area contributed by atoms with E-state index in [0.29, 0.717) is 0 Å². The van der Waals surface area contributed by atoms with Gasteiger partial charge in [0.05, 0.1) is 0 Å². The van der Waals surface area contributed by atoms with Crippen LogP contribution in [0.4, 0.5) is 17.1 Å². The highest BCUT2D eigenvalue weighted by atomic mass is 16.5. The van der Waals surface area contributed by atoms with Gasteiger partial charge in [0, 0.05) is 55.9 Å². The first-order valence-electron chi connectivity index (χ1n) is 25.1. The first-order valence-corrected chi connectivity index (χ1v) is 25.1. The summed E-state index contributed by atoms with van der Waals surface area (Å²) in [4.78, 5) is 2.40. The molecule has 0 N–H and O–H groups in total. The SMILES string of the molecule is CC1(C)c2cc(-c3cccc4c3oc3ccccc34)ccc2-c2ccc(N(c3ccc(-c4ccc(C5=C6Oc7ccccc7C6CC=C5)cc4)cc3)c3ccc(-c4ccc(-c5ccccc5)cc4)cc3)cc21. The van der Waals surface area contributed by atoms with Gasteiger partial charge >= 0.3 is 0 Å². The summed E-state index contributed by atoms with van der Waals surface area (Å²) in [6.45, 7) is 4.74. The third-order valence-corrected chi connectivity index (χ3v) is 15.5. The molecule has 11 aromatic rings. The number of fused-ring (bicyclic) bond motifs is 9. The Hall–Kier alpha value is -8.92. The van der Waals surface area contributed by atoms with Crippen molar-refractivity contribution in [2.75, 3.05) is 4.90 Å². The van der Waals surface area contributed by atoms with Crippen LogP contribution in [0.5, 0.6) is 5.75 Å². The molecule has 0 saturated carbocycles. The minimum absolute atomic E-state index is 0.255. The van der Waals surface area contributed by atoms with Gasteiger partial charge in [-0.2, -0.15) is 0 Å². The number of furan rings is 1. The minimum atomic E-state index is -0.255. The molecule has 1 unspecified atom stereocenters. The molecule has 0 fully saturated rings. The molecule has 0 radical (unpaired) electrons. The quantitative estimate of drug-likeness (QED) is 0.152. The summed E-state index contributed by atoms with van der Waals surface area (Å²) in [7, 11) is 0. The monoisotopic (exact) mass is 923 g/mol. The lowest BCUT2D eigenvalue weighted by Gasteiger charge is -2.28. The van der Waals surface area contributed by atoms with Crippen LogP contribution in [0, 0.1) is 0 Å². The van der Waals surface area contributed by atoms with Crippen LogP contribution in [-0.4, -0.2) is 0 Å². The number of anilines is 3. The van der Waals surface area contributed by atoms with Crippen molar-refractivity contribution >= 4 is 44.6 Å². The van der Waals surface area contributed by atoms with Crippen molar-refractivity contribution in [3.63, 3.8) is 0 Å². The van der Waals surface area contributed by atoms with Gasteiger partial charge in [-0.1, -0.05) is 202 Å². The third-order valence-electron chi connectivity index (χ3n) is 15.5. The standard InChI is InChI=1S/C69H49NO2/c1-69(2)63-42-51(56-17-11-19-62-60-15-7-9-21-66(60)72-68(56)62)34-40-57(63)58-41-39-54(43-64(58)69)70(52-35-30-48(31-36-52)46-24-22-45(23-25-46)44-12-4-3-5-13-44)53-37-32-49(33-38-53)47-26-28-50(29-27-47)55-16-10-18-61-59-14-6-8-20-65(59)71-67(55)61/h3-17,19-43,61H,18H2,1-2H3. The van der Waals surface area contributed by atoms with Gasteiger partial charge in [0.1, 0.15) is 22.7 Å². The first kappa shape index (κ1) is 42.0. The maximum absolute atomic E-state index is 6.52. The fourth-order valence-corrected chi connectivity index (χ4v) is 11.7. The Balaban J connectivity index is 0.809. The van der Waals surface area contributed by atoms with Gasteiger partial charge in [0.25, 0.3) is 0 Å². The molecule has 0 spiro atoms. The molecular weight excluding hydrogens is 875 g/mol. The van der Waals surface area contributed by atoms with Gasteiger partial charge in [0.2, 0.25) is 0 Å². The van der Waals surface area contributed by atoms with Crippen molar-refractivity contribution in [3.05, 3.63) is 271 Å². The fourth-order valence-electron chi connectivity index (χ4n) is 11.7. The molecule has 0 bridgehead atoms. The normalized spacial score (nSPS) is 15.0. The van der Waals surface area contributed by atoms with Crippen LogP contribution in [0.3, 0.4) is 0 Å². The molecule has 10 aromatic carbocycles. The van der Waals surface area contributed by atoms with E-state index in [1.165, 1.54) is 66.8 Å². The summed E-state index contributed by atoms with van der Waals surface area (Å²) in [5.74, 6) is 2.31. The Morgan fingerprint density at radius 2 is 0.958 bits per heavy atom. The molecule has 14 rings (SSSR count). The number of para-hydroxylation sites is 3. The summed E-state index contributed by atoms with van der Waals surface area (Å²) < 4.78 is 13.0. The van der Waals surface area contributed by atoms with Crippen molar-refractivity contribution in [2.24, 2.45) is 0 Å². The smallest absolute Gasteiger partial charge is 0.143 e. The second-order valence-corrected chi connectivity index (χ2v) is 20.0. The van der Waals surface area contributed by atoms with E-state index in [1.54, 1.807) is 0 Å². The van der Waals surface area contributed by atoms with E-state index >= 15 is 0 Å². The summed E-state index contributed by atoms with van der Waals surface area (Å²) in [6, 6.07) is 83.8. The zero-order chi connectivity index (χ0) is 47.9. The van der Waals surface area contributed by atoms with E-state index < -0.39 is 0 Å². The Morgan fingerprint density at radius 1 is 0.431 bits per heavy atom. The van der Waals surface area contributed by atoms with E-state index in [9.17, 15) is 0 Å². The molecule has 1 aliphatic heterocycles. The number of hydrogen-bond acceptors (Lipinski definition) is 3. The first-order chi connectivity index (χ1) is 35.4. The lowest BCUT2D eigenvalue weighted by atomic mass is 9.81. The van der Waals surface area contributed by atoms with E-state index in [4.69, 9.17) is 9.15 Å². The highest BCUT2D eigenvalue weighted by Crippen LogP contribution is 2.53. The second-order valence-electron chi connectivity index (χ2n) is 20.0. The number of ether oxygens (including phenoxy) is 1. The van der Waals surface area contributed by atoms with Crippen LogP contribution in [-0.2, 0) is 5.41 Å². The molecule has 72 heavy (non-hydrogen) atoms. The summed E-state index contributed by atoms with van der Waals surface area (Å²) >= 11 is 0. The Kier molecular flexibility index (Phi) is 9.69. The van der Waals surface area contributed by atoms with Crippen LogP contribution < -0.4 is 9.64 Å². The number of benzene rings is 10. The fraction of sp³-hybridized carbons (Fsp3) is 0.0725. The van der Waals surface area contributed by atoms with Crippen molar-refractivity contribution in [3.8, 4) is 61.4 Å². The van der Waals surface area contributed by atoms with E-state index in [1.807, 2.05) is 6.07 Å². The highest BCUT2D eigenvalue weighted by molar-refractivity contribution is 6.09. The van der Waals surface area contributed by atoms with Crippen LogP contribution in [0.15, 0.2) is 253 Å². The lowest BCUT2D eigenvalue weighted by molar-refractivity contribution is 0.429. The van der Waals surface area contributed by atoms with Gasteiger partial charge in [-0.05, 0) is 128 Å². The average molecular weight is 924 g/mol. The molecule has 3 nitrogen and oxygen atoms in total. The number of allylic oxidation sites excluding steroid dienone is 4. The summed E-state index contributed by atoms with van der Waals surface area (Å²) in [5.41, 5.74) is 23.1. The summed E-state index contributed by atoms with van der Waals surface area (Å²) in [5, 5.41) is 2.29. The molecule has 0 amide bonds. The zero-order valence-corrected chi connectivity index (χ0v) is 40.1. The predicted molar refractivity (Wildman–Crippen MR) is 298 cm³/mol. The largest absolute Gasteiger partial charge is 0.460 e. The molecule has 2 aliphatic carbocycles. The molecule has 0 saturated heterocycles. The maximum atomic E-state index is 6.52. The topological polar surface area (TPSA) is 25.6 Å². The molecule has 1 aromatic heterocycles. The van der Waals surface area contributed by atoms with Gasteiger partial charge in [0.15, 0.2) is 0 Å². The minimum Gasteiger partial charge on any atom is -0.460 e. The zero-order valence-electron chi connectivity index (χ0n) is 40.1. The van der Waals surface area contributed by atoms with Crippen molar-refractivity contribution < 1.29 is 9.15 Å². The van der Waals surface area contributed by atoms with E-state index in [0.717, 1.165) is 73.6 Å². The average Bonchev–Trinajstić information content (AvgIpc) is 4.09. The molecule has 2 heterocycles. The van der Waals surface area contributed by atoms with Crippen molar-refractivity contribution in [1.29, 1.82) is 0 Å². The van der Waals surface area contributed by atoms with Crippen LogP contribution in [0.1, 0.15) is 48.4 Å². The highest BCUT2D eigenvalue weighted by Gasteiger charge is 2.37. The van der Waals surface area contributed by atoms with Crippen molar-refractivity contribution in [2.45, 2.75) is 31.6 Å². The maximum Gasteiger partial charge on any atom is 0.143 e. The second kappa shape index (κ2) is 16.6.